The summed E-state index contributed by atoms with van der Waals surface area (Å²) in [5, 5.41) is 7.01. The van der Waals surface area contributed by atoms with Crippen molar-refractivity contribution in [3.8, 4) is 11.3 Å². The maximum Gasteiger partial charge on any atom is 0.271 e. The number of aromatic nitrogens is 3. The number of pyridine rings is 1. The van der Waals surface area contributed by atoms with E-state index in [4.69, 9.17) is 20.4 Å². The monoisotopic (exact) mass is 653 g/mol. The first-order valence-corrected chi connectivity index (χ1v) is 17.9. The highest BCUT2D eigenvalue weighted by Crippen LogP contribution is 2.43. The third kappa shape index (κ3) is 6.99. The molecule has 1 spiro atoms. The van der Waals surface area contributed by atoms with Gasteiger partial charge < -0.3 is 30.9 Å². The zero-order chi connectivity index (χ0) is 33.3. The number of aryl methyl sites for hydroxylation is 2. The number of anilines is 4. The van der Waals surface area contributed by atoms with Crippen molar-refractivity contribution in [1.82, 2.24) is 24.8 Å². The molecule has 3 aromatic rings. The van der Waals surface area contributed by atoms with Crippen LogP contribution in [0.25, 0.3) is 11.3 Å². The van der Waals surface area contributed by atoms with Gasteiger partial charge in [-0.05, 0) is 113 Å². The summed E-state index contributed by atoms with van der Waals surface area (Å²) in [7, 11) is 2.25. The van der Waals surface area contributed by atoms with Gasteiger partial charge in [0.2, 0.25) is 0 Å². The van der Waals surface area contributed by atoms with Gasteiger partial charge in [-0.3, -0.25) is 14.7 Å². The molecule has 0 saturated carbocycles. The largest absolute Gasteiger partial charge is 0.381 e. The SMILES string of the molecule is CCc1cc(Nc2nc(NC3CCOCC3)c(-c3ccnc(C)c3)nc2C(N)=O)ccc1N1CCC(N2CC3(CCN(C)CC3)C2)CC1. The van der Waals surface area contributed by atoms with Gasteiger partial charge in [0, 0.05) is 80.3 Å². The van der Waals surface area contributed by atoms with Crippen LogP contribution in [-0.4, -0.2) is 102 Å². The molecule has 4 N–H and O–H groups in total. The highest BCUT2D eigenvalue weighted by Gasteiger charge is 2.46. The molecule has 256 valence electrons. The summed E-state index contributed by atoms with van der Waals surface area (Å²) < 4.78 is 5.58. The van der Waals surface area contributed by atoms with Gasteiger partial charge in [0.25, 0.3) is 5.91 Å². The minimum absolute atomic E-state index is 0.106. The molecular weight excluding hydrogens is 602 g/mol. The first kappa shape index (κ1) is 32.7. The zero-order valence-electron chi connectivity index (χ0n) is 28.8. The topological polar surface area (TPSA) is 125 Å². The van der Waals surface area contributed by atoms with Crippen LogP contribution in [0.1, 0.15) is 67.2 Å². The fourth-order valence-electron chi connectivity index (χ4n) is 8.07. The van der Waals surface area contributed by atoms with Gasteiger partial charge in [-0.2, -0.15) is 0 Å². The predicted molar refractivity (Wildman–Crippen MR) is 191 cm³/mol. The number of primary amides is 1. The van der Waals surface area contributed by atoms with E-state index >= 15 is 0 Å². The fourth-order valence-corrected chi connectivity index (χ4v) is 8.07. The summed E-state index contributed by atoms with van der Waals surface area (Å²) in [6.45, 7) is 12.7. The molecule has 48 heavy (non-hydrogen) atoms. The van der Waals surface area contributed by atoms with E-state index < -0.39 is 5.91 Å². The number of likely N-dealkylation sites (tertiary alicyclic amines) is 2. The van der Waals surface area contributed by atoms with Crippen LogP contribution in [0.3, 0.4) is 0 Å². The van der Waals surface area contributed by atoms with Crippen LogP contribution < -0.4 is 21.3 Å². The second-order valence-corrected chi connectivity index (χ2v) is 14.4. The number of nitrogens with one attached hydrogen (secondary N) is 2. The maximum atomic E-state index is 12.8. The Morgan fingerprint density at radius 3 is 2.44 bits per heavy atom. The van der Waals surface area contributed by atoms with E-state index in [0.29, 0.717) is 42.0 Å². The molecule has 6 heterocycles. The van der Waals surface area contributed by atoms with E-state index in [-0.39, 0.29) is 11.7 Å². The molecule has 7 rings (SSSR count). The van der Waals surface area contributed by atoms with Crippen molar-refractivity contribution in [2.75, 3.05) is 75.1 Å². The Bertz CT molecular complexity index is 1600. The summed E-state index contributed by atoms with van der Waals surface area (Å²) in [6.07, 6.45) is 9.51. The first-order valence-electron chi connectivity index (χ1n) is 17.9. The third-order valence-electron chi connectivity index (χ3n) is 11.0. The Kier molecular flexibility index (Phi) is 9.53. The molecule has 4 aliphatic rings. The smallest absolute Gasteiger partial charge is 0.271 e. The van der Waals surface area contributed by atoms with Crippen LogP contribution in [0.5, 0.6) is 0 Å². The first-order chi connectivity index (χ1) is 23.3. The predicted octanol–water partition coefficient (Wildman–Crippen LogP) is 4.84. The Labute approximate surface area is 284 Å². The van der Waals surface area contributed by atoms with Crippen LogP contribution in [0.2, 0.25) is 0 Å². The molecule has 2 aromatic heterocycles. The Morgan fingerprint density at radius 2 is 1.75 bits per heavy atom. The summed E-state index contributed by atoms with van der Waals surface area (Å²) in [4.78, 5) is 34.7. The fraction of sp³-hybridized carbons (Fsp3) is 0.568. The number of nitrogens with two attached hydrogens (primary N) is 1. The number of hydrogen-bond acceptors (Lipinski definition) is 10. The van der Waals surface area contributed by atoms with Crippen LogP contribution >= 0.6 is 0 Å². The van der Waals surface area contributed by atoms with Crippen molar-refractivity contribution in [1.29, 1.82) is 0 Å². The molecule has 1 amide bonds. The van der Waals surface area contributed by atoms with Gasteiger partial charge in [0.05, 0.1) is 0 Å². The molecule has 11 nitrogen and oxygen atoms in total. The highest BCUT2D eigenvalue weighted by atomic mass is 16.5. The van der Waals surface area contributed by atoms with Crippen molar-refractivity contribution < 1.29 is 9.53 Å². The lowest BCUT2D eigenvalue weighted by atomic mass is 9.71. The molecule has 4 aliphatic heterocycles. The Hall–Kier alpha value is -3.80. The molecule has 4 fully saturated rings. The lowest BCUT2D eigenvalue weighted by Gasteiger charge is -2.57. The van der Waals surface area contributed by atoms with Crippen molar-refractivity contribution in [2.24, 2.45) is 11.1 Å². The Balaban J connectivity index is 1.08. The quantitative estimate of drug-likeness (QED) is 0.296. The second kappa shape index (κ2) is 14.0. The lowest BCUT2D eigenvalue weighted by Crippen LogP contribution is -2.63. The lowest BCUT2D eigenvalue weighted by molar-refractivity contribution is -0.0704. The number of hydrogen-bond donors (Lipinski definition) is 3. The van der Waals surface area contributed by atoms with Crippen LogP contribution in [-0.2, 0) is 11.2 Å². The van der Waals surface area contributed by atoms with Crippen molar-refractivity contribution >= 4 is 28.9 Å². The molecule has 11 heteroatoms. The van der Waals surface area contributed by atoms with Gasteiger partial charge in [0.15, 0.2) is 17.3 Å². The Morgan fingerprint density at radius 1 is 1.00 bits per heavy atom. The summed E-state index contributed by atoms with van der Waals surface area (Å²) in [6, 6.07) is 11.2. The van der Waals surface area contributed by atoms with E-state index in [1.807, 2.05) is 19.1 Å². The molecule has 0 atom stereocenters. The number of amides is 1. The normalized spacial score (nSPS) is 20.9. The summed E-state index contributed by atoms with van der Waals surface area (Å²) in [5.41, 5.74) is 12.3. The summed E-state index contributed by atoms with van der Waals surface area (Å²) >= 11 is 0. The van der Waals surface area contributed by atoms with Crippen LogP contribution in [0.15, 0.2) is 36.5 Å². The number of rotatable bonds is 9. The number of carbonyl (C=O) groups excluding carboxylic acids is 1. The van der Waals surface area contributed by atoms with Gasteiger partial charge >= 0.3 is 0 Å². The molecule has 0 unspecified atom stereocenters. The highest BCUT2D eigenvalue weighted by molar-refractivity contribution is 5.97. The number of benzene rings is 1. The van der Waals surface area contributed by atoms with Crippen molar-refractivity contribution in [3.63, 3.8) is 0 Å². The maximum absolute atomic E-state index is 12.8. The minimum Gasteiger partial charge on any atom is -0.381 e. The van der Waals surface area contributed by atoms with Gasteiger partial charge in [-0.25, -0.2) is 9.97 Å². The van der Waals surface area contributed by atoms with Gasteiger partial charge in [0.1, 0.15) is 5.69 Å². The average molecular weight is 654 g/mol. The molecule has 1 aromatic carbocycles. The second-order valence-electron chi connectivity index (χ2n) is 14.4. The van der Waals surface area contributed by atoms with E-state index in [9.17, 15) is 4.79 Å². The molecular formula is C37H51N9O2. The van der Waals surface area contributed by atoms with E-state index in [0.717, 1.165) is 49.3 Å². The molecule has 4 saturated heterocycles. The summed E-state index contributed by atoms with van der Waals surface area (Å²) in [5.74, 6) is 0.326. The van der Waals surface area contributed by atoms with E-state index in [2.05, 4.69) is 62.5 Å². The van der Waals surface area contributed by atoms with E-state index in [1.54, 1.807) is 6.20 Å². The molecule has 0 bridgehead atoms. The number of carbonyl (C=O) groups is 1. The number of piperidine rings is 2. The minimum atomic E-state index is -0.631. The zero-order valence-corrected chi connectivity index (χ0v) is 28.8. The van der Waals surface area contributed by atoms with E-state index in [1.165, 1.54) is 63.1 Å². The van der Waals surface area contributed by atoms with Crippen molar-refractivity contribution in [3.05, 3.63) is 53.5 Å². The third-order valence-corrected chi connectivity index (χ3v) is 11.0. The average Bonchev–Trinajstić information content (AvgIpc) is 3.08. The van der Waals surface area contributed by atoms with Crippen LogP contribution in [0, 0.1) is 12.3 Å². The number of ether oxygens (including phenoxy) is 1. The molecule has 0 aliphatic carbocycles. The molecule has 0 radical (unpaired) electrons. The van der Waals surface area contributed by atoms with Crippen molar-refractivity contribution in [2.45, 2.75) is 70.9 Å². The van der Waals surface area contributed by atoms with Gasteiger partial charge in [-0.1, -0.05) is 6.92 Å². The number of nitrogens with zero attached hydrogens (tertiary/aromatic N) is 6. The standard InChI is InChI=1S/C37H51N9O2/c1-4-26-22-29(5-6-31(26)45-15-8-30(9-16-45)46-23-37(24-46)12-17-44(3)18-13-37)41-36-33(34(38)47)42-32(27-7-14-39-25(2)21-27)35(43-36)40-28-10-19-48-20-11-28/h5-7,14,21-22,28,30H,4,8-13,15-20,23-24H2,1-3H3,(H2,38,47)(H2,40,41,43). The van der Waals surface area contributed by atoms with Crippen LogP contribution in [0.4, 0.5) is 23.0 Å². The van der Waals surface area contributed by atoms with Gasteiger partial charge in [-0.15, -0.1) is 0 Å².